The van der Waals surface area contributed by atoms with Gasteiger partial charge < -0.3 is 10.5 Å². The van der Waals surface area contributed by atoms with Gasteiger partial charge in [-0.2, -0.15) is 5.10 Å². The van der Waals surface area contributed by atoms with Crippen LogP contribution in [0.15, 0.2) is 18.3 Å². The number of benzene rings is 1. The number of ether oxygens (including phenoxy) is 1. The Morgan fingerprint density at radius 3 is 2.50 bits per heavy atom. The Hall–Kier alpha value is -1.81. The predicted molar refractivity (Wildman–Crippen MR) is 72.6 cm³/mol. The molecule has 0 fully saturated rings. The maximum absolute atomic E-state index is 5.74. The van der Waals surface area contributed by atoms with Gasteiger partial charge in [-0.05, 0) is 37.1 Å². The van der Waals surface area contributed by atoms with E-state index in [-0.39, 0.29) is 0 Å². The molecule has 0 aliphatic rings. The molecule has 0 saturated heterocycles. The summed E-state index contributed by atoms with van der Waals surface area (Å²) in [7, 11) is 3.59. The molecule has 0 bridgehead atoms. The van der Waals surface area contributed by atoms with Gasteiger partial charge in [-0.3, -0.25) is 4.68 Å². The van der Waals surface area contributed by atoms with E-state index in [1.54, 1.807) is 11.8 Å². The van der Waals surface area contributed by atoms with Gasteiger partial charge in [-0.25, -0.2) is 0 Å². The molecular weight excluding hydrogens is 226 g/mol. The second kappa shape index (κ2) is 4.82. The summed E-state index contributed by atoms with van der Waals surface area (Å²) in [5, 5.41) is 4.37. The van der Waals surface area contributed by atoms with Crippen LogP contribution in [0.2, 0.25) is 0 Å². The third-order valence-corrected chi connectivity index (χ3v) is 3.20. The van der Waals surface area contributed by atoms with E-state index in [0.717, 1.165) is 22.6 Å². The number of hydrogen-bond acceptors (Lipinski definition) is 3. The van der Waals surface area contributed by atoms with Crippen molar-refractivity contribution in [3.63, 3.8) is 0 Å². The van der Waals surface area contributed by atoms with Crippen LogP contribution in [-0.4, -0.2) is 16.9 Å². The zero-order valence-corrected chi connectivity index (χ0v) is 11.3. The molecule has 0 spiro atoms. The normalized spacial score (nSPS) is 10.7. The topological polar surface area (TPSA) is 53.1 Å². The third kappa shape index (κ3) is 2.11. The van der Waals surface area contributed by atoms with Crippen molar-refractivity contribution in [2.45, 2.75) is 20.4 Å². The summed E-state index contributed by atoms with van der Waals surface area (Å²) in [6.07, 6.45) is 1.98. The largest absolute Gasteiger partial charge is 0.496 e. The number of aryl methyl sites for hydroxylation is 3. The minimum Gasteiger partial charge on any atom is -0.496 e. The molecule has 18 heavy (non-hydrogen) atoms. The highest BCUT2D eigenvalue weighted by atomic mass is 16.5. The molecule has 0 saturated carbocycles. The Bertz CT molecular complexity index is 573. The highest BCUT2D eigenvalue weighted by Gasteiger charge is 2.14. The minimum atomic E-state index is 0.423. The average Bonchev–Trinajstić information content (AvgIpc) is 2.73. The Morgan fingerprint density at radius 2 is 1.89 bits per heavy atom. The molecule has 0 radical (unpaired) electrons. The van der Waals surface area contributed by atoms with Gasteiger partial charge in [0.25, 0.3) is 0 Å². The molecule has 1 heterocycles. The van der Waals surface area contributed by atoms with E-state index in [1.807, 2.05) is 13.2 Å². The van der Waals surface area contributed by atoms with Gasteiger partial charge in [0.2, 0.25) is 0 Å². The zero-order chi connectivity index (χ0) is 13.3. The Morgan fingerprint density at radius 1 is 1.22 bits per heavy atom. The van der Waals surface area contributed by atoms with Crippen molar-refractivity contribution in [1.82, 2.24) is 9.78 Å². The molecule has 2 rings (SSSR count). The first-order valence-electron chi connectivity index (χ1n) is 5.95. The van der Waals surface area contributed by atoms with Crippen LogP contribution in [0.25, 0.3) is 11.1 Å². The second-order valence-electron chi connectivity index (χ2n) is 4.50. The zero-order valence-electron chi connectivity index (χ0n) is 11.3. The van der Waals surface area contributed by atoms with E-state index < -0.39 is 0 Å². The van der Waals surface area contributed by atoms with Crippen molar-refractivity contribution in [2.24, 2.45) is 12.8 Å². The number of methoxy groups -OCH3 is 1. The van der Waals surface area contributed by atoms with Crippen molar-refractivity contribution in [2.75, 3.05) is 7.11 Å². The molecule has 96 valence electrons. The summed E-state index contributed by atoms with van der Waals surface area (Å²) in [4.78, 5) is 0. The van der Waals surface area contributed by atoms with Crippen LogP contribution in [0.5, 0.6) is 5.75 Å². The van der Waals surface area contributed by atoms with Gasteiger partial charge in [-0.15, -0.1) is 0 Å². The Kier molecular flexibility index (Phi) is 3.39. The molecule has 1 aromatic carbocycles. The molecule has 0 aliphatic carbocycles. The van der Waals surface area contributed by atoms with Crippen molar-refractivity contribution in [1.29, 1.82) is 0 Å². The van der Waals surface area contributed by atoms with Crippen molar-refractivity contribution in [3.05, 3.63) is 35.2 Å². The quantitative estimate of drug-likeness (QED) is 0.901. The summed E-state index contributed by atoms with van der Waals surface area (Å²) in [5.41, 5.74) is 11.2. The van der Waals surface area contributed by atoms with E-state index in [9.17, 15) is 0 Å². The van der Waals surface area contributed by atoms with Gasteiger partial charge in [0.1, 0.15) is 5.75 Å². The van der Waals surface area contributed by atoms with Gasteiger partial charge in [0.15, 0.2) is 0 Å². The van der Waals surface area contributed by atoms with Gasteiger partial charge >= 0.3 is 0 Å². The van der Waals surface area contributed by atoms with Gasteiger partial charge in [0.05, 0.1) is 12.8 Å². The summed E-state index contributed by atoms with van der Waals surface area (Å²) in [5.74, 6) is 0.862. The molecule has 0 unspecified atom stereocenters. The van der Waals surface area contributed by atoms with E-state index in [1.165, 1.54) is 11.1 Å². The van der Waals surface area contributed by atoms with Crippen molar-refractivity contribution < 1.29 is 4.74 Å². The van der Waals surface area contributed by atoms with Crippen LogP contribution in [0.3, 0.4) is 0 Å². The SMILES string of the molecule is COc1cc(C)c(C)cc1-c1cn(C)nc1CN. The standard InChI is InChI=1S/C14H19N3O/c1-9-5-11(14(18-4)6-10(9)2)12-8-17(3)16-13(12)7-15/h5-6,8H,7,15H2,1-4H3. The number of hydrogen-bond donors (Lipinski definition) is 1. The van der Waals surface area contributed by atoms with E-state index >= 15 is 0 Å². The average molecular weight is 245 g/mol. The fourth-order valence-corrected chi connectivity index (χ4v) is 2.08. The maximum Gasteiger partial charge on any atom is 0.127 e. The lowest BCUT2D eigenvalue weighted by Crippen LogP contribution is -2.00. The van der Waals surface area contributed by atoms with Crippen LogP contribution < -0.4 is 10.5 Å². The minimum absolute atomic E-state index is 0.423. The maximum atomic E-state index is 5.74. The molecule has 0 atom stereocenters. The molecule has 4 heteroatoms. The summed E-state index contributed by atoms with van der Waals surface area (Å²) >= 11 is 0. The fraction of sp³-hybridized carbons (Fsp3) is 0.357. The monoisotopic (exact) mass is 245 g/mol. The Labute approximate surface area is 107 Å². The van der Waals surface area contributed by atoms with E-state index in [0.29, 0.717) is 6.54 Å². The molecule has 0 amide bonds. The number of rotatable bonds is 3. The molecule has 1 aromatic heterocycles. The molecule has 2 aromatic rings. The number of aromatic nitrogens is 2. The predicted octanol–water partition coefficient (Wildman–Crippen LogP) is 2.17. The molecule has 2 N–H and O–H groups in total. The first-order valence-corrected chi connectivity index (χ1v) is 5.95. The first-order chi connectivity index (χ1) is 8.56. The van der Waals surface area contributed by atoms with Crippen molar-refractivity contribution in [3.8, 4) is 16.9 Å². The molecular formula is C14H19N3O. The second-order valence-corrected chi connectivity index (χ2v) is 4.50. The van der Waals surface area contributed by atoms with E-state index in [2.05, 4.69) is 31.1 Å². The molecule has 4 nitrogen and oxygen atoms in total. The van der Waals surface area contributed by atoms with Crippen LogP contribution in [0, 0.1) is 13.8 Å². The number of nitrogens with zero attached hydrogens (tertiary/aromatic N) is 2. The highest BCUT2D eigenvalue weighted by Crippen LogP contribution is 2.34. The summed E-state index contributed by atoms with van der Waals surface area (Å²) < 4.78 is 7.25. The third-order valence-electron chi connectivity index (χ3n) is 3.20. The smallest absolute Gasteiger partial charge is 0.127 e. The van der Waals surface area contributed by atoms with Crippen LogP contribution in [0.4, 0.5) is 0 Å². The van der Waals surface area contributed by atoms with Gasteiger partial charge in [-0.1, -0.05) is 0 Å². The van der Waals surface area contributed by atoms with Crippen LogP contribution in [0.1, 0.15) is 16.8 Å². The fourth-order valence-electron chi connectivity index (χ4n) is 2.08. The van der Waals surface area contributed by atoms with Crippen molar-refractivity contribution >= 4 is 0 Å². The van der Waals surface area contributed by atoms with Crippen LogP contribution in [-0.2, 0) is 13.6 Å². The lowest BCUT2D eigenvalue weighted by atomic mass is 9.99. The van der Waals surface area contributed by atoms with Gasteiger partial charge in [0, 0.05) is 30.9 Å². The van der Waals surface area contributed by atoms with E-state index in [4.69, 9.17) is 10.5 Å². The lowest BCUT2D eigenvalue weighted by Gasteiger charge is -2.11. The number of nitrogens with two attached hydrogens (primary N) is 1. The highest BCUT2D eigenvalue weighted by molar-refractivity contribution is 5.73. The lowest BCUT2D eigenvalue weighted by molar-refractivity contribution is 0.416. The first kappa shape index (κ1) is 12.6. The Balaban J connectivity index is 2.65. The summed E-state index contributed by atoms with van der Waals surface area (Å²) in [6, 6.07) is 4.18. The van der Waals surface area contributed by atoms with Crippen LogP contribution >= 0.6 is 0 Å². The molecule has 0 aliphatic heterocycles. The summed E-state index contributed by atoms with van der Waals surface area (Å²) in [6.45, 7) is 4.59.